The fraction of sp³-hybridized carbons (Fsp3) is 0.929. The molecular weight excluding hydrogens is 246 g/mol. The van der Waals surface area contributed by atoms with Crippen molar-refractivity contribution in [3.8, 4) is 0 Å². The third-order valence-electron chi connectivity index (χ3n) is 5.09. The summed E-state index contributed by atoms with van der Waals surface area (Å²) >= 11 is 0. The summed E-state index contributed by atoms with van der Waals surface area (Å²) < 4.78 is 11.4. The second-order valence-corrected chi connectivity index (χ2v) is 6.32. The molecule has 0 aromatic rings. The zero-order valence-corrected chi connectivity index (χ0v) is 11.5. The number of hydrogen-bond donors (Lipinski definition) is 1. The summed E-state index contributed by atoms with van der Waals surface area (Å²) in [5.74, 6) is -0.576. The van der Waals surface area contributed by atoms with E-state index in [4.69, 9.17) is 14.6 Å². The van der Waals surface area contributed by atoms with Gasteiger partial charge in [0.25, 0.3) is 0 Å². The van der Waals surface area contributed by atoms with E-state index in [-0.39, 0.29) is 11.5 Å². The van der Waals surface area contributed by atoms with Gasteiger partial charge >= 0.3 is 5.97 Å². The maximum Gasteiger partial charge on any atom is 0.306 e. The van der Waals surface area contributed by atoms with Gasteiger partial charge in [-0.3, -0.25) is 9.69 Å². The molecule has 3 unspecified atom stereocenters. The molecule has 5 nitrogen and oxygen atoms in total. The van der Waals surface area contributed by atoms with E-state index >= 15 is 0 Å². The van der Waals surface area contributed by atoms with Gasteiger partial charge in [0.1, 0.15) is 0 Å². The fourth-order valence-electron chi connectivity index (χ4n) is 3.54. The highest BCUT2D eigenvalue weighted by molar-refractivity contribution is 5.70. The van der Waals surface area contributed by atoms with Gasteiger partial charge in [0.05, 0.1) is 18.1 Å². The van der Waals surface area contributed by atoms with Crippen molar-refractivity contribution >= 4 is 5.97 Å². The van der Waals surface area contributed by atoms with Crippen LogP contribution >= 0.6 is 0 Å². The minimum absolute atomic E-state index is 0.0492. The Balaban J connectivity index is 1.53. The molecule has 0 radical (unpaired) electrons. The Labute approximate surface area is 113 Å². The number of carbonyl (C=O) groups is 1. The van der Waals surface area contributed by atoms with E-state index in [9.17, 15) is 4.79 Å². The number of likely N-dealkylation sites (tertiary alicyclic amines) is 1. The van der Waals surface area contributed by atoms with Crippen LogP contribution in [0.1, 0.15) is 26.2 Å². The molecule has 0 aromatic heterocycles. The van der Waals surface area contributed by atoms with Crippen molar-refractivity contribution in [3.63, 3.8) is 0 Å². The molecule has 3 aliphatic heterocycles. The summed E-state index contributed by atoms with van der Waals surface area (Å²) in [4.78, 5) is 13.4. The molecule has 108 valence electrons. The molecule has 0 aliphatic carbocycles. The van der Waals surface area contributed by atoms with E-state index in [2.05, 4.69) is 4.90 Å². The summed E-state index contributed by atoms with van der Waals surface area (Å²) in [6.45, 7) is 6.02. The van der Waals surface area contributed by atoms with E-state index < -0.39 is 5.97 Å². The highest BCUT2D eigenvalue weighted by Gasteiger charge is 2.45. The zero-order valence-electron chi connectivity index (χ0n) is 11.5. The minimum Gasteiger partial charge on any atom is -0.481 e. The molecule has 19 heavy (non-hydrogen) atoms. The summed E-state index contributed by atoms with van der Waals surface area (Å²) in [6.07, 6.45) is 3.11. The van der Waals surface area contributed by atoms with Crippen LogP contribution in [0.25, 0.3) is 0 Å². The van der Waals surface area contributed by atoms with Crippen LogP contribution in [-0.2, 0) is 14.3 Å². The van der Waals surface area contributed by atoms with Crippen molar-refractivity contribution in [2.45, 2.75) is 37.8 Å². The van der Waals surface area contributed by atoms with E-state index in [1.165, 1.54) is 0 Å². The molecule has 3 fully saturated rings. The van der Waals surface area contributed by atoms with Gasteiger partial charge in [-0.1, -0.05) is 6.92 Å². The smallest absolute Gasteiger partial charge is 0.306 e. The molecule has 0 aromatic carbocycles. The number of carboxylic acids is 1. The number of rotatable bonds is 3. The van der Waals surface area contributed by atoms with Gasteiger partial charge in [0, 0.05) is 38.8 Å². The normalized spacial score (nSPS) is 38.3. The van der Waals surface area contributed by atoms with E-state index in [1.807, 2.05) is 6.92 Å². The number of nitrogens with zero attached hydrogens (tertiary/aromatic N) is 1. The lowest BCUT2D eigenvalue weighted by atomic mass is 9.82. The molecule has 0 bridgehead atoms. The minimum atomic E-state index is -0.669. The molecule has 3 aliphatic rings. The number of ether oxygens (including phenoxy) is 2. The van der Waals surface area contributed by atoms with Crippen LogP contribution in [0.2, 0.25) is 0 Å². The highest BCUT2D eigenvalue weighted by atomic mass is 16.6. The highest BCUT2D eigenvalue weighted by Crippen LogP contribution is 2.37. The molecule has 0 amide bonds. The van der Waals surface area contributed by atoms with Gasteiger partial charge in [0.15, 0.2) is 0 Å². The first-order chi connectivity index (χ1) is 9.10. The fourth-order valence-corrected chi connectivity index (χ4v) is 3.54. The van der Waals surface area contributed by atoms with Crippen LogP contribution in [0.3, 0.4) is 0 Å². The van der Waals surface area contributed by atoms with Crippen LogP contribution < -0.4 is 0 Å². The first-order valence-corrected chi connectivity index (χ1v) is 7.28. The van der Waals surface area contributed by atoms with Crippen LogP contribution in [-0.4, -0.2) is 60.5 Å². The van der Waals surface area contributed by atoms with Gasteiger partial charge in [-0.2, -0.15) is 0 Å². The number of hydrogen-bond acceptors (Lipinski definition) is 4. The van der Waals surface area contributed by atoms with Crippen molar-refractivity contribution < 1.29 is 19.4 Å². The molecule has 0 saturated carbocycles. The maximum absolute atomic E-state index is 11.0. The lowest BCUT2D eigenvalue weighted by Crippen LogP contribution is -2.59. The maximum atomic E-state index is 11.0. The summed E-state index contributed by atoms with van der Waals surface area (Å²) in [7, 11) is 0. The molecule has 3 saturated heterocycles. The largest absolute Gasteiger partial charge is 0.481 e. The predicted octanol–water partition coefficient (Wildman–Crippen LogP) is 0.977. The number of aliphatic carboxylic acids is 1. The van der Waals surface area contributed by atoms with Gasteiger partial charge in [-0.25, -0.2) is 0 Å². The van der Waals surface area contributed by atoms with Crippen molar-refractivity contribution in [2.75, 3.05) is 32.9 Å². The average molecular weight is 269 g/mol. The second-order valence-electron chi connectivity index (χ2n) is 6.32. The average Bonchev–Trinajstić information content (AvgIpc) is 2.75. The Bertz CT molecular complexity index is 347. The lowest BCUT2D eigenvalue weighted by Gasteiger charge is -2.50. The molecule has 3 rings (SSSR count). The zero-order chi connectivity index (χ0) is 13.5. The second kappa shape index (κ2) is 5.04. The Morgan fingerprint density at radius 3 is 2.84 bits per heavy atom. The van der Waals surface area contributed by atoms with Gasteiger partial charge in [0.2, 0.25) is 0 Å². The third kappa shape index (κ3) is 2.51. The lowest BCUT2D eigenvalue weighted by molar-refractivity contribution is -0.149. The third-order valence-corrected chi connectivity index (χ3v) is 5.09. The summed E-state index contributed by atoms with van der Waals surface area (Å²) in [5, 5.41) is 9.03. The van der Waals surface area contributed by atoms with Gasteiger partial charge < -0.3 is 14.6 Å². The summed E-state index contributed by atoms with van der Waals surface area (Å²) in [6, 6.07) is 0.549. The van der Waals surface area contributed by atoms with E-state index in [1.54, 1.807) is 0 Å². The molecular formula is C14H23NO4. The van der Waals surface area contributed by atoms with Gasteiger partial charge in [-0.15, -0.1) is 0 Å². The summed E-state index contributed by atoms with van der Waals surface area (Å²) in [5.41, 5.74) is -0.0492. The van der Waals surface area contributed by atoms with Crippen LogP contribution in [0.4, 0.5) is 0 Å². The predicted molar refractivity (Wildman–Crippen MR) is 69.0 cm³/mol. The van der Waals surface area contributed by atoms with Gasteiger partial charge in [-0.05, 0) is 18.8 Å². The monoisotopic (exact) mass is 269 g/mol. The Morgan fingerprint density at radius 2 is 2.21 bits per heavy atom. The topological polar surface area (TPSA) is 59.0 Å². The van der Waals surface area contributed by atoms with E-state index in [0.717, 1.165) is 52.2 Å². The molecule has 3 atom stereocenters. The quantitative estimate of drug-likeness (QED) is 0.827. The van der Waals surface area contributed by atoms with Crippen LogP contribution in [0, 0.1) is 11.8 Å². The van der Waals surface area contributed by atoms with Crippen LogP contribution in [0.5, 0.6) is 0 Å². The Kier molecular flexibility index (Phi) is 3.53. The van der Waals surface area contributed by atoms with Crippen molar-refractivity contribution in [1.82, 2.24) is 4.90 Å². The number of carboxylic acid groups (broad SMARTS) is 1. The standard InChI is InChI=1S/C14H23NO4/c1-10(13(16)17)11-7-15(8-11)12-2-4-19-14(6-12)3-5-18-9-14/h10-12H,2-9H2,1H3,(H,16,17). The first kappa shape index (κ1) is 13.3. The van der Waals surface area contributed by atoms with Crippen LogP contribution in [0.15, 0.2) is 0 Å². The van der Waals surface area contributed by atoms with Crippen molar-refractivity contribution in [1.29, 1.82) is 0 Å². The molecule has 5 heteroatoms. The molecule has 3 heterocycles. The Morgan fingerprint density at radius 1 is 1.42 bits per heavy atom. The molecule has 1 spiro atoms. The van der Waals surface area contributed by atoms with Crippen molar-refractivity contribution in [2.24, 2.45) is 11.8 Å². The Hall–Kier alpha value is -0.650. The van der Waals surface area contributed by atoms with E-state index in [0.29, 0.717) is 12.0 Å². The first-order valence-electron chi connectivity index (χ1n) is 7.28. The van der Waals surface area contributed by atoms with Crippen molar-refractivity contribution in [3.05, 3.63) is 0 Å². The molecule has 1 N–H and O–H groups in total. The SMILES string of the molecule is CC(C(=O)O)C1CN(C2CCOC3(CCOC3)C2)C1.